The van der Waals surface area contributed by atoms with Crippen LogP contribution in [0.1, 0.15) is 25.5 Å². The molecule has 1 unspecified atom stereocenters. The van der Waals surface area contributed by atoms with Crippen LogP contribution in [0.5, 0.6) is 5.75 Å². The molecule has 2 nitrogen and oxygen atoms in total. The summed E-state index contributed by atoms with van der Waals surface area (Å²) in [6.07, 6.45) is -2.57. The lowest BCUT2D eigenvalue weighted by Crippen LogP contribution is -2.19. The van der Waals surface area contributed by atoms with E-state index >= 15 is 0 Å². The van der Waals surface area contributed by atoms with Gasteiger partial charge in [0.05, 0.1) is 0 Å². The number of nitrogens with one attached hydrogen (secondary N) is 1. The first-order valence-electron chi connectivity index (χ1n) is 5.48. The molecule has 0 bridgehead atoms. The van der Waals surface area contributed by atoms with Gasteiger partial charge in [-0.3, -0.25) is 0 Å². The van der Waals surface area contributed by atoms with Gasteiger partial charge in [-0.05, 0) is 19.5 Å². The van der Waals surface area contributed by atoms with E-state index in [0.29, 0.717) is 5.56 Å². The van der Waals surface area contributed by atoms with E-state index in [-0.39, 0.29) is 11.8 Å². The van der Waals surface area contributed by atoms with E-state index in [1.165, 1.54) is 6.07 Å². The van der Waals surface area contributed by atoms with Crippen molar-refractivity contribution in [3.05, 3.63) is 29.6 Å². The van der Waals surface area contributed by atoms with Crippen molar-refractivity contribution in [3.63, 3.8) is 0 Å². The minimum atomic E-state index is -2.57. The molecule has 0 aliphatic heterocycles. The largest absolute Gasteiger partial charge is 0.487 e. The van der Waals surface area contributed by atoms with Gasteiger partial charge in [-0.2, -0.15) is 0 Å². The van der Waals surface area contributed by atoms with Crippen molar-refractivity contribution in [2.45, 2.75) is 26.3 Å². The van der Waals surface area contributed by atoms with Crippen LogP contribution in [0.25, 0.3) is 0 Å². The van der Waals surface area contributed by atoms with Gasteiger partial charge in [-0.15, -0.1) is 0 Å². The van der Waals surface area contributed by atoms with Crippen LogP contribution in [0, 0.1) is 5.82 Å². The predicted molar refractivity (Wildman–Crippen MR) is 60.0 cm³/mol. The molecule has 0 saturated heterocycles. The summed E-state index contributed by atoms with van der Waals surface area (Å²) >= 11 is 0. The van der Waals surface area contributed by atoms with Gasteiger partial charge in [0.2, 0.25) is 0 Å². The summed E-state index contributed by atoms with van der Waals surface area (Å²) in [6.45, 7) is 3.80. The molecular formula is C12H16F3NO. The normalized spacial score (nSPS) is 12.8. The summed E-state index contributed by atoms with van der Waals surface area (Å²) in [5, 5.41) is 3.12. The summed E-state index contributed by atoms with van der Waals surface area (Å²) in [7, 11) is 0. The topological polar surface area (TPSA) is 21.3 Å². The van der Waals surface area contributed by atoms with Crippen molar-refractivity contribution in [1.82, 2.24) is 5.32 Å². The maximum atomic E-state index is 13.0. The Morgan fingerprint density at radius 2 is 2.06 bits per heavy atom. The van der Waals surface area contributed by atoms with Crippen molar-refractivity contribution in [2.24, 2.45) is 0 Å². The molecule has 0 heterocycles. The van der Waals surface area contributed by atoms with Crippen LogP contribution in [0.4, 0.5) is 13.2 Å². The molecule has 96 valence electrons. The Kier molecular flexibility index (Phi) is 5.28. The summed E-state index contributed by atoms with van der Waals surface area (Å²) in [5.74, 6) is -0.333. The van der Waals surface area contributed by atoms with Gasteiger partial charge in [0.25, 0.3) is 6.43 Å². The van der Waals surface area contributed by atoms with Crippen molar-refractivity contribution < 1.29 is 17.9 Å². The van der Waals surface area contributed by atoms with Gasteiger partial charge in [-0.25, -0.2) is 13.2 Å². The van der Waals surface area contributed by atoms with Crippen molar-refractivity contribution in [3.8, 4) is 5.75 Å². The SMILES string of the molecule is CCNC(C)c1ccc(F)cc1OCC(F)F. The van der Waals surface area contributed by atoms with Crippen LogP contribution in [0.3, 0.4) is 0 Å². The number of benzene rings is 1. The molecule has 0 aliphatic rings. The number of rotatable bonds is 6. The van der Waals surface area contributed by atoms with Gasteiger partial charge in [0.1, 0.15) is 18.2 Å². The molecule has 0 amide bonds. The van der Waals surface area contributed by atoms with Crippen molar-refractivity contribution in [2.75, 3.05) is 13.2 Å². The molecular weight excluding hydrogens is 231 g/mol. The highest BCUT2D eigenvalue weighted by atomic mass is 19.3. The third-order valence-electron chi connectivity index (χ3n) is 2.32. The van der Waals surface area contributed by atoms with Gasteiger partial charge in [0.15, 0.2) is 0 Å². The smallest absolute Gasteiger partial charge is 0.272 e. The first kappa shape index (κ1) is 13.8. The fraction of sp³-hybridized carbons (Fsp3) is 0.500. The highest BCUT2D eigenvalue weighted by Crippen LogP contribution is 2.26. The van der Waals surface area contributed by atoms with E-state index in [1.807, 2.05) is 13.8 Å². The number of ether oxygens (including phenoxy) is 1. The van der Waals surface area contributed by atoms with E-state index in [9.17, 15) is 13.2 Å². The number of alkyl halides is 2. The lowest BCUT2D eigenvalue weighted by Gasteiger charge is -2.17. The molecule has 0 fully saturated rings. The van der Waals surface area contributed by atoms with Crippen LogP contribution >= 0.6 is 0 Å². The van der Waals surface area contributed by atoms with Gasteiger partial charge < -0.3 is 10.1 Å². The quantitative estimate of drug-likeness (QED) is 0.833. The second-order valence-corrected chi connectivity index (χ2v) is 3.66. The maximum Gasteiger partial charge on any atom is 0.272 e. The molecule has 1 atom stereocenters. The fourth-order valence-corrected chi connectivity index (χ4v) is 1.56. The summed E-state index contributed by atoms with van der Waals surface area (Å²) in [6, 6.07) is 3.89. The van der Waals surface area contributed by atoms with Gasteiger partial charge in [0, 0.05) is 17.7 Å². The second-order valence-electron chi connectivity index (χ2n) is 3.66. The molecule has 1 aromatic carbocycles. The molecule has 1 aromatic rings. The predicted octanol–water partition coefficient (Wildman–Crippen LogP) is 3.14. The van der Waals surface area contributed by atoms with E-state index in [1.54, 1.807) is 6.07 Å². The molecule has 1 N–H and O–H groups in total. The van der Waals surface area contributed by atoms with Crippen LogP contribution in [0.15, 0.2) is 18.2 Å². The van der Waals surface area contributed by atoms with Crippen LogP contribution in [-0.4, -0.2) is 19.6 Å². The van der Waals surface area contributed by atoms with E-state index in [4.69, 9.17) is 4.74 Å². The van der Waals surface area contributed by atoms with Crippen molar-refractivity contribution >= 4 is 0 Å². The first-order chi connectivity index (χ1) is 8.04. The molecule has 0 saturated carbocycles. The van der Waals surface area contributed by atoms with E-state index < -0.39 is 18.8 Å². The lowest BCUT2D eigenvalue weighted by molar-refractivity contribution is 0.0810. The molecule has 0 spiro atoms. The number of hydrogen-bond acceptors (Lipinski definition) is 2. The number of hydrogen-bond donors (Lipinski definition) is 1. The molecule has 0 aromatic heterocycles. The second kappa shape index (κ2) is 6.49. The minimum absolute atomic E-state index is 0.0757. The standard InChI is InChI=1S/C12H16F3NO/c1-3-16-8(2)10-5-4-9(13)6-11(10)17-7-12(14)15/h4-6,8,12,16H,3,7H2,1-2H3. The Morgan fingerprint density at radius 3 is 2.65 bits per heavy atom. The van der Waals surface area contributed by atoms with Crippen LogP contribution in [0.2, 0.25) is 0 Å². The Balaban J connectivity index is 2.87. The fourth-order valence-electron chi connectivity index (χ4n) is 1.56. The average Bonchev–Trinajstić information content (AvgIpc) is 2.26. The van der Waals surface area contributed by atoms with E-state index in [2.05, 4.69) is 5.32 Å². The van der Waals surface area contributed by atoms with Gasteiger partial charge >= 0.3 is 0 Å². The van der Waals surface area contributed by atoms with Crippen LogP contribution in [-0.2, 0) is 0 Å². The Labute approximate surface area is 98.8 Å². The zero-order valence-electron chi connectivity index (χ0n) is 9.84. The summed E-state index contributed by atoms with van der Waals surface area (Å²) in [5.41, 5.74) is 0.675. The van der Waals surface area contributed by atoms with E-state index in [0.717, 1.165) is 12.6 Å². The summed E-state index contributed by atoms with van der Waals surface area (Å²) in [4.78, 5) is 0. The third kappa shape index (κ3) is 4.26. The minimum Gasteiger partial charge on any atom is -0.487 e. The Morgan fingerprint density at radius 1 is 1.35 bits per heavy atom. The molecule has 0 aliphatic carbocycles. The van der Waals surface area contributed by atoms with Gasteiger partial charge in [-0.1, -0.05) is 13.0 Å². The zero-order valence-corrected chi connectivity index (χ0v) is 9.84. The molecule has 17 heavy (non-hydrogen) atoms. The maximum absolute atomic E-state index is 13.0. The first-order valence-corrected chi connectivity index (χ1v) is 5.48. The molecule has 0 radical (unpaired) electrons. The molecule has 5 heteroatoms. The van der Waals surface area contributed by atoms with Crippen molar-refractivity contribution in [1.29, 1.82) is 0 Å². The average molecular weight is 247 g/mol. The summed E-state index contributed by atoms with van der Waals surface area (Å²) < 4.78 is 42.1. The number of halogens is 3. The lowest BCUT2D eigenvalue weighted by atomic mass is 10.1. The Bertz CT molecular complexity index is 358. The highest BCUT2D eigenvalue weighted by molar-refractivity contribution is 5.36. The monoisotopic (exact) mass is 247 g/mol. The third-order valence-corrected chi connectivity index (χ3v) is 2.32. The van der Waals surface area contributed by atoms with Crippen LogP contribution < -0.4 is 10.1 Å². The zero-order chi connectivity index (χ0) is 12.8. The molecule has 1 rings (SSSR count). The highest BCUT2D eigenvalue weighted by Gasteiger charge is 2.13. The Hall–Kier alpha value is -1.23.